The zero-order chi connectivity index (χ0) is 15.1. The topological polar surface area (TPSA) is 33.7 Å². The van der Waals surface area contributed by atoms with E-state index in [1.165, 1.54) is 12.1 Å². The fourth-order valence-electron chi connectivity index (χ4n) is 2.68. The van der Waals surface area contributed by atoms with Gasteiger partial charge in [0.05, 0.1) is 13.2 Å². The van der Waals surface area contributed by atoms with Gasteiger partial charge < -0.3 is 19.7 Å². The molecule has 4 heteroatoms. The summed E-state index contributed by atoms with van der Waals surface area (Å²) in [7, 11) is 0. The molecule has 1 fully saturated rings. The number of nitrogens with zero attached hydrogens (tertiary/aromatic N) is 1. The Balaban J connectivity index is 2.15. The van der Waals surface area contributed by atoms with Gasteiger partial charge in [-0.3, -0.25) is 0 Å². The quantitative estimate of drug-likeness (QED) is 0.904. The summed E-state index contributed by atoms with van der Waals surface area (Å²) in [4.78, 5) is 2.45. The van der Waals surface area contributed by atoms with Crippen LogP contribution in [-0.2, 0) is 0 Å². The van der Waals surface area contributed by atoms with Gasteiger partial charge in [0.15, 0.2) is 11.5 Å². The van der Waals surface area contributed by atoms with E-state index in [2.05, 4.69) is 29.3 Å². The zero-order valence-electron chi connectivity index (χ0n) is 13.5. The maximum Gasteiger partial charge on any atom is 0.163 e. The van der Waals surface area contributed by atoms with Crippen LogP contribution in [0.3, 0.4) is 0 Å². The van der Waals surface area contributed by atoms with E-state index in [9.17, 15) is 0 Å². The second-order valence-electron chi connectivity index (χ2n) is 5.48. The first-order valence-corrected chi connectivity index (χ1v) is 8.12. The Hall–Kier alpha value is -1.42. The molecule has 1 aromatic carbocycles. The molecule has 2 rings (SSSR count). The van der Waals surface area contributed by atoms with Gasteiger partial charge in [-0.15, -0.1) is 0 Å². The smallest absolute Gasteiger partial charge is 0.163 e. The van der Waals surface area contributed by atoms with Gasteiger partial charge in [-0.05, 0) is 52.3 Å². The predicted molar refractivity (Wildman–Crippen MR) is 87.7 cm³/mol. The van der Waals surface area contributed by atoms with Crippen molar-refractivity contribution in [3.05, 3.63) is 18.2 Å². The number of benzene rings is 1. The molecule has 0 radical (unpaired) electrons. The summed E-state index contributed by atoms with van der Waals surface area (Å²) in [5, 5.41) is 3.54. The van der Waals surface area contributed by atoms with Gasteiger partial charge in [-0.1, -0.05) is 0 Å². The zero-order valence-corrected chi connectivity index (χ0v) is 13.5. The molecule has 0 aromatic heterocycles. The summed E-state index contributed by atoms with van der Waals surface area (Å²) in [6, 6.07) is 6.88. The summed E-state index contributed by atoms with van der Waals surface area (Å²) in [6.07, 6.45) is 2.33. The van der Waals surface area contributed by atoms with E-state index in [4.69, 9.17) is 9.47 Å². The van der Waals surface area contributed by atoms with Crippen LogP contribution < -0.4 is 19.7 Å². The van der Waals surface area contributed by atoms with Crippen LogP contribution in [0.25, 0.3) is 0 Å². The minimum atomic E-state index is 0.585. The third-order valence-corrected chi connectivity index (χ3v) is 3.82. The molecule has 4 nitrogen and oxygen atoms in total. The molecule has 1 saturated heterocycles. The Bertz CT molecular complexity index is 437. The van der Waals surface area contributed by atoms with Crippen molar-refractivity contribution in [3.8, 4) is 11.5 Å². The van der Waals surface area contributed by atoms with E-state index in [0.29, 0.717) is 19.3 Å². The Morgan fingerprint density at radius 2 is 1.90 bits per heavy atom. The van der Waals surface area contributed by atoms with E-state index in [1.54, 1.807) is 0 Å². The number of hydrogen-bond acceptors (Lipinski definition) is 4. The molecule has 0 amide bonds. The van der Waals surface area contributed by atoms with E-state index in [-0.39, 0.29) is 0 Å². The molecule has 1 atom stereocenters. The van der Waals surface area contributed by atoms with Crippen LogP contribution in [0, 0.1) is 0 Å². The summed E-state index contributed by atoms with van der Waals surface area (Å²) in [6.45, 7) is 10.8. The third kappa shape index (κ3) is 4.53. The highest BCUT2D eigenvalue weighted by Crippen LogP contribution is 2.32. The molecular formula is C17H28N2O2. The highest BCUT2D eigenvalue weighted by Gasteiger charge is 2.14. The molecule has 1 unspecified atom stereocenters. The van der Waals surface area contributed by atoms with E-state index in [0.717, 1.165) is 37.6 Å². The van der Waals surface area contributed by atoms with Crippen molar-refractivity contribution in [2.45, 2.75) is 39.7 Å². The number of nitrogens with one attached hydrogen (secondary N) is 1. The van der Waals surface area contributed by atoms with Crippen molar-refractivity contribution in [1.29, 1.82) is 0 Å². The Kier molecular flexibility index (Phi) is 6.18. The van der Waals surface area contributed by atoms with Gasteiger partial charge in [0.2, 0.25) is 0 Å². The molecule has 0 aliphatic carbocycles. The lowest BCUT2D eigenvalue weighted by Gasteiger charge is -2.30. The normalized spacial score (nSPS) is 19.8. The molecule has 0 bridgehead atoms. The Morgan fingerprint density at radius 3 is 2.67 bits per heavy atom. The third-order valence-electron chi connectivity index (χ3n) is 3.82. The van der Waals surface area contributed by atoms with Gasteiger partial charge >= 0.3 is 0 Å². The first kappa shape index (κ1) is 16.0. The van der Waals surface area contributed by atoms with Crippen molar-refractivity contribution >= 4 is 5.69 Å². The molecule has 0 spiro atoms. The van der Waals surface area contributed by atoms with Crippen LogP contribution in [0.5, 0.6) is 11.5 Å². The second kappa shape index (κ2) is 8.13. The van der Waals surface area contributed by atoms with Gasteiger partial charge in [0.25, 0.3) is 0 Å². The molecular weight excluding hydrogens is 264 g/mol. The van der Waals surface area contributed by atoms with E-state index in [1.807, 2.05) is 19.9 Å². The van der Waals surface area contributed by atoms with Gasteiger partial charge in [-0.2, -0.15) is 0 Å². The average molecular weight is 292 g/mol. The van der Waals surface area contributed by atoms with Crippen LogP contribution in [-0.4, -0.2) is 38.9 Å². The Labute approximate surface area is 128 Å². The highest BCUT2D eigenvalue weighted by molar-refractivity contribution is 5.56. The van der Waals surface area contributed by atoms with Crippen LogP contribution >= 0.6 is 0 Å². The summed E-state index contributed by atoms with van der Waals surface area (Å²) in [5.41, 5.74) is 1.23. The van der Waals surface area contributed by atoms with E-state index >= 15 is 0 Å². The first-order valence-electron chi connectivity index (χ1n) is 8.12. The average Bonchev–Trinajstić information content (AvgIpc) is 2.46. The molecule has 1 aliphatic rings. The largest absolute Gasteiger partial charge is 0.490 e. The molecule has 0 saturated carbocycles. The standard InChI is InChI=1S/C17H28N2O2/c1-4-20-16-8-7-15(13-17(16)21-5-2)19-11-6-10-18-14(3)9-12-19/h7-8,13-14,18H,4-6,9-12H2,1-3H3. The second-order valence-corrected chi connectivity index (χ2v) is 5.48. The van der Waals surface area contributed by atoms with Gasteiger partial charge in [0.1, 0.15) is 0 Å². The lowest BCUT2D eigenvalue weighted by atomic mass is 10.1. The lowest BCUT2D eigenvalue weighted by Crippen LogP contribution is -2.38. The lowest BCUT2D eigenvalue weighted by molar-refractivity contribution is 0.288. The minimum Gasteiger partial charge on any atom is -0.490 e. The maximum atomic E-state index is 5.73. The van der Waals surface area contributed by atoms with Crippen molar-refractivity contribution in [3.63, 3.8) is 0 Å². The van der Waals surface area contributed by atoms with Crippen LogP contribution in [0.1, 0.15) is 33.6 Å². The highest BCUT2D eigenvalue weighted by atomic mass is 16.5. The Morgan fingerprint density at radius 1 is 1.14 bits per heavy atom. The minimum absolute atomic E-state index is 0.585. The van der Waals surface area contributed by atoms with Crippen molar-refractivity contribution in [1.82, 2.24) is 5.32 Å². The van der Waals surface area contributed by atoms with Crippen LogP contribution in [0.15, 0.2) is 18.2 Å². The van der Waals surface area contributed by atoms with E-state index < -0.39 is 0 Å². The number of anilines is 1. The summed E-state index contributed by atoms with van der Waals surface area (Å²) >= 11 is 0. The van der Waals surface area contributed by atoms with Crippen LogP contribution in [0.2, 0.25) is 0 Å². The van der Waals surface area contributed by atoms with Gasteiger partial charge in [0, 0.05) is 30.9 Å². The molecule has 1 aliphatic heterocycles. The molecule has 1 heterocycles. The maximum absolute atomic E-state index is 5.73. The monoisotopic (exact) mass is 292 g/mol. The number of hydrogen-bond donors (Lipinski definition) is 1. The predicted octanol–water partition coefficient (Wildman–Crippen LogP) is 3.06. The van der Waals surface area contributed by atoms with Crippen molar-refractivity contribution < 1.29 is 9.47 Å². The van der Waals surface area contributed by atoms with Gasteiger partial charge in [-0.25, -0.2) is 0 Å². The van der Waals surface area contributed by atoms with Crippen molar-refractivity contribution in [2.24, 2.45) is 0 Å². The molecule has 21 heavy (non-hydrogen) atoms. The SMILES string of the molecule is CCOc1ccc(N2CCCNC(C)CC2)cc1OCC. The molecule has 118 valence electrons. The number of rotatable bonds is 5. The fraction of sp³-hybridized carbons (Fsp3) is 0.647. The number of ether oxygens (including phenoxy) is 2. The molecule has 1 aromatic rings. The summed E-state index contributed by atoms with van der Waals surface area (Å²) in [5.74, 6) is 1.69. The fourth-order valence-corrected chi connectivity index (χ4v) is 2.68. The molecule has 1 N–H and O–H groups in total. The van der Waals surface area contributed by atoms with Crippen molar-refractivity contribution in [2.75, 3.05) is 37.7 Å². The van der Waals surface area contributed by atoms with Crippen LogP contribution in [0.4, 0.5) is 5.69 Å². The summed E-state index contributed by atoms with van der Waals surface area (Å²) < 4.78 is 11.4. The first-order chi connectivity index (χ1) is 10.2.